The summed E-state index contributed by atoms with van der Waals surface area (Å²) in [6, 6.07) is 22.7. The Kier molecular flexibility index (Phi) is 6.10. The molecule has 0 radical (unpaired) electrons. The van der Waals surface area contributed by atoms with Crippen molar-refractivity contribution in [3.05, 3.63) is 89.2 Å². The predicted octanol–water partition coefficient (Wildman–Crippen LogP) is 5.82. The fourth-order valence-electron chi connectivity index (χ4n) is 4.81. The van der Waals surface area contributed by atoms with Crippen LogP contribution >= 0.6 is 0 Å². The number of hydrogen-bond donors (Lipinski definition) is 0. The summed E-state index contributed by atoms with van der Waals surface area (Å²) in [5, 5.41) is 0. The van der Waals surface area contributed by atoms with Crippen LogP contribution in [0.4, 0.5) is 5.69 Å². The molecule has 2 heterocycles. The number of benzene rings is 3. The molecule has 0 unspecified atom stereocenters. The topological polar surface area (TPSA) is 47.4 Å². The Hall–Kier alpha value is -3.60. The Morgan fingerprint density at radius 3 is 2.59 bits per heavy atom. The van der Waals surface area contributed by atoms with E-state index >= 15 is 0 Å². The van der Waals surface area contributed by atoms with Crippen LogP contribution in [0.3, 0.4) is 0 Å². The fourth-order valence-corrected chi connectivity index (χ4v) is 4.81. The van der Waals surface area contributed by atoms with Gasteiger partial charge in [0.15, 0.2) is 0 Å². The highest BCUT2D eigenvalue weighted by Gasteiger charge is 2.34. The van der Waals surface area contributed by atoms with E-state index in [-0.39, 0.29) is 11.8 Å². The predicted molar refractivity (Wildman–Crippen MR) is 137 cm³/mol. The van der Waals surface area contributed by atoms with Crippen molar-refractivity contribution >= 4 is 22.6 Å². The minimum atomic E-state index is 0.0476. The summed E-state index contributed by atoms with van der Waals surface area (Å²) in [7, 11) is 0. The number of fused-ring (bicyclic) bond motifs is 1. The molecule has 174 valence electrons. The molecule has 5 rings (SSSR count). The monoisotopic (exact) mass is 453 g/mol. The van der Waals surface area contributed by atoms with E-state index in [2.05, 4.69) is 61.7 Å². The largest absolute Gasteiger partial charge is 0.491 e. The molecular weight excluding hydrogens is 422 g/mol. The van der Waals surface area contributed by atoms with Crippen LogP contribution in [0, 0.1) is 13.8 Å². The van der Waals surface area contributed by atoms with E-state index in [1.807, 2.05) is 35.2 Å². The van der Waals surface area contributed by atoms with Gasteiger partial charge < -0.3 is 14.2 Å². The number of hydrogen-bond acceptors (Lipinski definition) is 3. The zero-order valence-corrected chi connectivity index (χ0v) is 20.1. The van der Waals surface area contributed by atoms with Crippen molar-refractivity contribution < 1.29 is 9.53 Å². The number of aromatic nitrogens is 2. The first kappa shape index (κ1) is 22.2. The van der Waals surface area contributed by atoms with Crippen LogP contribution in [-0.2, 0) is 17.8 Å². The molecule has 5 nitrogen and oxygen atoms in total. The average Bonchev–Trinajstić information content (AvgIpc) is 3.42. The summed E-state index contributed by atoms with van der Waals surface area (Å²) in [6.45, 7) is 8.20. The standard InChI is InChI=1S/C29H31N3O2/c1-4-22-12-14-24(15-13-22)32-19-23(18-28(32)33)29-30-25-9-5-6-10-26(25)31(29)16-17-34-27-11-7-8-20(2)21(27)3/h5-15,23H,4,16-19H2,1-3H3/t23-/m1/s1. The summed E-state index contributed by atoms with van der Waals surface area (Å²) in [6.07, 6.45) is 1.46. The summed E-state index contributed by atoms with van der Waals surface area (Å²) >= 11 is 0. The third kappa shape index (κ3) is 4.18. The molecule has 0 N–H and O–H groups in total. The lowest BCUT2D eigenvalue weighted by Gasteiger charge is -2.18. The lowest BCUT2D eigenvalue weighted by Crippen LogP contribution is -2.24. The molecule has 1 aliphatic rings. The number of carbonyl (C=O) groups is 1. The normalized spacial score (nSPS) is 15.9. The van der Waals surface area contributed by atoms with Crippen molar-refractivity contribution in [2.75, 3.05) is 18.1 Å². The number of para-hydroxylation sites is 2. The van der Waals surface area contributed by atoms with Crippen LogP contribution in [0.1, 0.15) is 41.8 Å². The van der Waals surface area contributed by atoms with Crippen LogP contribution in [0.15, 0.2) is 66.7 Å². The molecule has 0 spiro atoms. The molecule has 0 saturated carbocycles. The molecule has 1 fully saturated rings. The van der Waals surface area contributed by atoms with Crippen molar-refractivity contribution in [3.8, 4) is 5.75 Å². The second-order valence-electron chi connectivity index (χ2n) is 9.08. The van der Waals surface area contributed by atoms with Gasteiger partial charge in [0, 0.05) is 24.6 Å². The second kappa shape index (κ2) is 9.34. The van der Waals surface area contributed by atoms with Crippen LogP contribution in [0.2, 0.25) is 0 Å². The highest BCUT2D eigenvalue weighted by Crippen LogP contribution is 2.33. The van der Waals surface area contributed by atoms with E-state index in [4.69, 9.17) is 9.72 Å². The molecule has 1 atom stereocenters. The van der Waals surface area contributed by atoms with Crippen molar-refractivity contribution in [2.24, 2.45) is 0 Å². The zero-order chi connectivity index (χ0) is 23.7. The average molecular weight is 454 g/mol. The third-order valence-corrected chi connectivity index (χ3v) is 6.96. The van der Waals surface area contributed by atoms with Crippen molar-refractivity contribution in [1.29, 1.82) is 0 Å². The number of amides is 1. The first-order chi connectivity index (χ1) is 16.5. The van der Waals surface area contributed by atoms with Gasteiger partial charge in [-0.1, -0.05) is 43.3 Å². The number of ether oxygens (including phenoxy) is 1. The smallest absolute Gasteiger partial charge is 0.227 e. The maximum Gasteiger partial charge on any atom is 0.227 e. The number of imidazole rings is 1. The second-order valence-corrected chi connectivity index (χ2v) is 9.08. The Morgan fingerprint density at radius 1 is 1.00 bits per heavy atom. The van der Waals surface area contributed by atoms with Crippen LogP contribution < -0.4 is 9.64 Å². The van der Waals surface area contributed by atoms with Gasteiger partial charge in [0.1, 0.15) is 18.2 Å². The van der Waals surface area contributed by atoms with E-state index in [1.54, 1.807) is 0 Å². The van der Waals surface area contributed by atoms with Gasteiger partial charge in [0.05, 0.1) is 17.6 Å². The van der Waals surface area contributed by atoms with Crippen molar-refractivity contribution in [2.45, 2.75) is 46.1 Å². The van der Waals surface area contributed by atoms with Gasteiger partial charge in [-0.2, -0.15) is 0 Å². The highest BCUT2D eigenvalue weighted by molar-refractivity contribution is 5.96. The van der Waals surface area contributed by atoms with Crippen LogP contribution in [0.25, 0.3) is 11.0 Å². The maximum atomic E-state index is 13.0. The van der Waals surface area contributed by atoms with E-state index < -0.39 is 0 Å². The molecule has 5 heteroatoms. The van der Waals surface area contributed by atoms with Crippen LogP contribution in [-0.4, -0.2) is 28.6 Å². The first-order valence-electron chi connectivity index (χ1n) is 12.1. The minimum absolute atomic E-state index is 0.0476. The van der Waals surface area contributed by atoms with Gasteiger partial charge >= 0.3 is 0 Å². The van der Waals surface area contributed by atoms with E-state index in [0.29, 0.717) is 26.1 Å². The van der Waals surface area contributed by atoms with E-state index in [9.17, 15) is 4.79 Å². The quantitative estimate of drug-likeness (QED) is 0.354. The number of anilines is 1. The molecule has 0 bridgehead atoms. The Balaban J connectivity index is 1.39. The van der Waals surface area contributed by atoms with E-state index in [1.165, 1.54) is 16.7 Å². The summed E-state index contributed by atoms with van der Waals surface area (Å²) < 4.78 is 8.40. The molecular formula is C29H31N3O2. The molecule has 1 saturated heterocycles. The summed E-state index contributed by atoms with van der Waals surface area (Å²) in [4.78, 5) is 19.8. The lowest BCUT2D eigenvalue weighted by molar-refractivity contribution is -0.117. The molecule has 34 heavy (non-hydrogen) atoms. The summed E-state index contributed by atoms with van der Waals surface area (Å²) in [5.74, 6) is 2.08. The van der Waals surface area contributed by atoms with E-state index in [0.717, 1.165) is 34.7 Å². The van der Waals surface area contributed by atoms with Gasteiger partial charge in [-0.25, -0.2) is 4.98 Å². The molecule has 0 aliphatic carbocycles. The van der Waals surface area contributed by atoms with Crippen LogP contribution in [0.5, 0.6) is 5.75 Å². The number of carbonyl (C=O) groups excluding carboxylic acids is 1. The Morgan fingerprint density at radius 2 is 1.79 bits per heavy atom. The maximum absolute atomic E-state index is 13.0. The molecule has 4 aromatic rings. The SMILES string of the molecule is CCc1ccc(N2C[C@H](c3nc4ccccc4n3CCOc3cccc(C)c3C)CC2=O)cc1. The highest BCUT2D eigenvalue weighted by atomic mass is 16.5. The lowest BCUT2D eigenvalue weighted by atomic mass is 10.1. The van der Waals surface area contributed by atoms with Gasteiger partial charge in [-0.15, -0.1) is 0 Å². The zero-order valence-electron chi connectivity index (χ0n) is 20.1. The van der Waals surface area contributed by atoms with Gasteiger partial charge in [-0.3, -0.25) is 4.79 Å². The molecule has 3 aromatic carbocycles. The fraction of sp³-hybridized carbons (Fsp3) is 0.310. The van der Waals surface area contributed by atoms with Gasteiger partial charge in [-0.05, 0) is 67.3 Å². The van der Waals surface area contributed by atoms with Gasteiger partial charge in [0.25, 0.3) is 0 Å². The van der Waals surface area contributed by atoms with Crippen molar-refractivity contribution in [3.63, 3.8) is 0 Å². The first-order valence-corrected chi connectivity index (χ1v) is 12.1. The Labute approximate surface area is 201 Å². The number of nitrogens with zero attached hydrogens (tertiary/aromatic N) is 3. The number of aryl methyl sites for hydroxylation is 2. The molecule has 1 aliphatic heterocycles. The molecule has 1 amide bonds. The molecule has 1 aromatic heterocycles. The number of rotatable bonds is 7. The minimum Gasteiger partial charge on any atom is -0.491 e. The van der Waals surface area contributed by atoms with Crippen molar-refractivity contribution in [1.82, 2.24) is 9.55 Å². The summed E-state index contributed by atoms with van der Waals surface area (Å²) in [5.41, 5.74) is 6.68. The Bertz CT molecular complexity index is 1320. The third-order valence-electron chi connectivity index (χ3n) is 6.96. The van der Waals surface area contributed by atoms with Gasteiger partial charge in [0.2, 0.25) is 5.91 Å².